The molecule has 1 amide bonds. The highest BCUT2D eigenvalue weighted by atomic mass is 19.4. The van der Waals surface area contributed by atoms with E-state index in [2.05, 4.69) is 16.8 Å². The van der Waals surface area contributed by atoms with Crippen LogP contribution in [0.4, 0.5) is 13.2 Å². The number of carbonyl (C=O) groups excluding carboxylic acids is 1. The third kappa shape index (κ3) is 7.25. The molecular formula is C23H33F3N2O5. The second-order valence-corrected chi connectivity index (χ2v) is 8.46. The first kappa shape index (κ1) is 26.8. The monoisotopic (exact) mass is 474 g/mol. The standard InChI is InChI=1S/C21H32N2O3.C2HF3O2/c1-22-13-4-10-21(22)11-5-14-23(15-12-21)20(24)9-7-17-6-8-18(25-2)16-19(17)26-3;3-2(4,5)1(6)7/h6,8,16H,4-5,7,9-15H2,1-3H3;(H,6,7). The van der Waals surface area contributed by atoms with E-state index >= 15 is 0 Å². The van der Waals surface area contributed by atoms with Crippen LogP contribution in [0.1, 0.15) is 44.1 Å². The minimum atomic E-state index is -5.08. The molecule has 1 aromatic rings. The molecular weight excluding hydrogens is 441 g/mol. The number of hydrogen-bond donors (Lipinski definition) is 1. The topological polar surface area (TPSA) is 79.3 Å². The van der Waals surface area contributed by atoms with E-state index in [4.69, 9.17) is 19.4 Å². The lowest BCUT2D eigenvalue weighted by atomic mass is 9.88. The number of aliphatic carboxylic acids is 1. The Morgan fingerprint density at radius 3 is 2.21 bits per heavy atom. The maximum absolute atomic E-state index is 12.8. The van der Waals surface area contributed by atoms with Gasteiger partial charge in [-0.05, 0) is 63.7 Å². The Kier molecular flexibility index (Phi) is 9.39. The molecule has 7 nitrogen and oxygen atoms in total. The summed E-state index contributed by atoms with van der Waals surface area (Å²) in [5.74, 6) is -0.928. The van der Waals surface area contributed by atoms with E-state index < -0.39 is 12.1 Å². The van der Waals surface area contributed by atoms with Crippen LogP contribution in [0.5, 0.6) is 11.5 Å². The van der Waals surface area contributed by atoms with Gasteiger partial charge in [-0.2, -0.15) is 13.2 Å². The Balaban J connectivity index is 0.000000479. The number of hydrogen-bond acceptors (Lipinski definition) is 5. The third-order valence-electron chi connectivity index (χ3n) is 6.56. The molecule has 1 N–H and O–H groups in total. The molecule has 0 aromatic heterocycles. The molecule has 2 saturated heterocycles. The van der Waals surface area contributed by atoms with Gasteiger partial charge in [-0.25, -0.2) is 4.79 Å². The second-order valence-electron chi connectivity index (χ2n) is 8.46. The highest BCUT2D eigenvalue weighted by Crippen LogP contribution is 2.37. The number of ether oxygens (including phenoxy) is 2. The summed E-state index contributed by atoms with van der Waals surface area (Å²) in [6.45, 7) is 2.99. The van der Waals surface area contributed by atoms with Crippen molar-refractivity contribution in [2.24, 2.45) is 0 Å². The fraction of sp³-hybridized carbons (Fsp3) is 0.652. The molecule has 1 spiro atoms. The molecule has 1 atom stereocenters. The number of nitrogens with zero attached hydrogens (tertiary/aromatic N) is 2. The molecule has 2 heterocycles. The summed E-state index contributed by atoms with van der Waals surface area (Å²) >= 11 is 0. The molecule has 0 radical (unpaired) electrons. The molecule has 33 heavy (non-hydrogen) atoms. The Morgan fingerprint density at radius 1 is 1.06 bits per heavy atom. The highest BCUT2D eigenvalue weighted by molar-refractivity contribution is 5.76. The molecule has 3 rings (SSSR count). The highest BCUT2D eigenvalue weighted by Gasteiger charge is 2.40. The zero-order valence-corrected chi connectivity index (χ0v) is 19.4. The molecule has 0 bridgehead atoms. The maximum Gasteiger partial charge on any atom is 0.490 e. The fourth-order valence-electron chi connectivity index (χ4n) is 4.59. The van der Waals surface area contributed by atoms with Gasteiger partial charge in [0.15, 0.2) is 0 Å². The van der Waals surface area contributed by atoms with E-state index in [9.17, 15) is 18.0 Å². The molecule has 10 heteroatoms. The van der Waals surface area contributed by atoms with Gasteiger partial charge in [-0.15, -0.1) is 0 Å². The van der Waals surface area contributed by atoms with Crippen molar-refractivity contribution in [1.29, 1.82) is 0 Å². The molecule has 1 unspecified atom stereocenters. The minimum Gasteiger partial charge on any atom is -0.497 e. The number of benzene rings is 1. The SMILES string of the molecule is COc1ccc(CCC(=O)N2CCCC3(CCCN3C)CC2)c(OC)c1.O=C(O)C(F)(F)F. The van der Waals surface area contributed by atoms with Crippen molar-refractivity contribution in [3.63, 3.8) is 0 Å². The Hall–Kier alpha value is -2.49. The number of amides is 1. The molecule has 1 aromatic carbocycles. The van der Waals surface area contributed by atoms with Gasteiger partial charge in [0.2, 0.25) is 5.91 Å². The summed E-state index contributed by atoms with van der Waals surface area (Å²) in [7, 11) is 5.55. The van der Waals surface area contributed by atoms with Crippen LogP contribution in [-0.4, -0.2) is 79.4 Å². The molecule has 0 saturated carbocycles. The lowest BCUT2D eigenvalue weighted by molar-refractivity contribution is -0.192. The van der Waals surface area contributed by atoms with E-state index in [-0.39, 0.29) is 5.91 Å². The first-order valence-electron chi connectivity index (χ1n) is 11.0. The minimum absolute atomic E-state index is 0.264. The fourth-order valence-corrected chi connectivity index (χ4v) is 4.59. The van der Waals surface area contributed by atoms with Crippen LogP contribution in [0.3, 0.4) is 0 Å². The van der Waals surface area contributed by atoms with E-state index in [1.165, 1.54) is 25.8 Å². The van der Waals surface area contributed by atoms with Crippen molar-refractivity contribution in [3.05, 3.63) is 23.8 Å². The number of alkyl halides is 3. The Bertz CT molecular complexity index is 818. The van der Waals surface area contributed by atoms with Crippen molar-refractivity contribution >= 4 is 11.9 Å². The zero-order valence-electron chi connectivity index (χ0n) is 19.4. The Morgan fingerprint density at radius 2 is 1.70 bits per heavy atom. The second kappa shape index (κ2) is 11.6. The normalized spacial score (nSPS) is 21.2. The summed E-state index contributed by atoms with van der Waals surface area (Å²) < 4.78 is 42.4. The number of methoxy groups -OCH3 is 2. The summed E-state index contributed by atoms with van der Waals surface area (Å²) in [6, 6.07) is 5.80. The van der Waals surface area contributed by atoms with Crippen LogP contribution >= 0.6 is 0 Å². The number of carboxylic acid groups (broad SMARTS) is 1. The van der Waals surface area contributed by atoms with Gasteiger partial charge in [0, 0.05) is 31.1 Å². The maximum atomic E-state index is 12.8. The quantitative estimate of drug-likeness (QED) is 0.701. The largest absolute Gasteiger partial charge is 0.497 e. The number of carboxylic acids is 1. The number of carbonyl (C=O) groups is 2. The van der Waals surface area contributed by atoms with Crippen molar-refractivity contribution in [2.45, 2.75) is 56.7 Å². The van der Waals surface area contributed by atoms with Crippen molar-refractivity contribution < 1.29 is 37.3 Å². The average Bonchev–Trinajstić information content (AvgIpc) is 2.99. The van der Waals surface area contributed by atoms with E-state index in [0.29, 0.717) is 18.4 Å². The van der Waals surface area contributed by atoms with Crippen LogP contribution in [0.15, 0.2) is 18.2 Å². The van der Waals surface area contributed by atoms with Gasteiger partial charge in [-0.1, -0.05) is 6.07 Å². The van der Waals surface area contributed by atoms with Crippen LogP contribution in [0, 0.1) is 0 Å². The predicted octanol–water partition coefficient (Wildman–Crippen LogP) is 3.75. The summed E-state index contributed by atoms with van der Waals surface area (Å²) in [4.78, 5) is 26.3. The van der Waals surface area contributed by atoms with Crippen molar-refractivity contribution in [1.82, 2.24) is 9.80 Å². The summed E-state index contributed by atoms with van der Waals surface area (Å²) in [6.07, 6.45) is 2.18. The van der Waals surface area contributed by atoms with E-state index in [0.717, 1.165) is 43.0 Å². The Labute approximate surface area is 192 Å². The molecule has 2 aliphatic heterocycles. The van der Waals surface area contributed by atoms with Gasteiger partial charge >= 0.3 is 12.1 Å². The lowest BCUT2D eigenvalue weighted by Crippen LogP contribution is -2.42. The number of likely N-dealkylation sites (tertiary alicyclic amines) is 2. The van der Waals surface area contributed by atoms with Gasteiger partial charge in [0.1, 0.15) is 11.5 Å². The average molecular weight is 475 g/mol. The number of aryl methyl sites for hydroxylation is 1. The zero-order chi connectivity index (χ0) is 24.6. The molecule has 2 fully saturated rings. The van der Waals surface area contributed by atoms with Crippen LogP contribution in [0.25, 0.3) is 0 Å². The number of rotatable bonds is 5. The van der Waals surface area contributed by atoms with E-state index in [1.807, 2.05) is 18.2 Å². The van der Waals surface area contributed by atoms with Gasteiger partial charge in [-0.3, -0.25) is 4.79 Å². The summed E-state index contributed by atoms with van der Waals surface area (Å²) in [5.41, 5.74) is 1.40. The van der Waals surface area contributed by atoms with Crippen LogP contribution in [0.2, 0.25) is 0 Å². The van der Waals surface area contributed by atoms with Gasteiger partial charge < -0.3 is 24.4 Å². The molecule has 0 aliphatic carbocycles. The third-order valence-corrected chi connectivity index (χ3v) is 6.56. The first-order valence-corrected chi connectivity index (χ1v) is 11.0. The smallest absolute Gasteiger partial charge is 0.490 e. The first-order chi connectivity index (χ1) is 15.5. The van der Waals surface area contributed by atoms with Gasteiger partial charge in [0.25, 0.3) is 0 Å². The van der Waals surface area contributed by atoms with Gasteiger partial charge in [0.05, 0.1) is 14.2 Å². The lowest BCUT2D eigenvalue weighted by Gasteiger charge is -2.35. The number of halogens is 3. The van der Waals surface area contributed by atoms with Crippen LogP contribution < -0.4 is 9.47 Å². The van der Waals surface area contributed by atoms with E-state index in [1.54, 1.807) is 14.2 Å². The van der Waals surface area contributed by atoms with Crippen molar-refractivity contribution in [3.8, 4) is 11.5 Å². The molecule has 186 valence electrons. The molecule has 2 aliphatic rings. The van der Waals surface area contributed by atoms with Crippen molar-refractivity contribution in [2.75, 3.05) is 40.9 Å². The van der Waals surface area contributed by atoms with Crippen LogP contribution in [-0.2, 0) is 16.0 Å². The summed E-state index contributed by atoms with van der Waals surface area (Å²) in [5, 5.41) is 7.12. The predicted molar refractivity (Wildman–Crippen MR) is 117 cm³/mol.